The summed E-state index contributed by atoms with van der Waals surface area (Å²) in [6.45, 7) is 0. The highest BCUT2D eigenvalue weighted by molar-refractivity contribution is 7.17. The van der Waals surface area contributed by atoms with E-state index in [1.54, 1.807) is 22.0 Å². The lowest BCUT2D eigenvalue weighted by Crippen LogP contribution is -1.91. The summed E-state index contributed by atoms with van der Waals surface area (Å²) >= 11 is 1.71. The summed E-state index contributed by atoms with van der Waals surface area (Å²) in [5.74, 6) is 0. The molecule has 0 amide bonds. The Morgan fingerprint density at radius 2 is 2.10 bits per heavy atom. The van der Waals surface area contributed by atoms with Crippen molar-refractivity contribution in [2.75, 3.05) is 0 Å². The molecule has 0 unspecified atom stereocenters. The number of nitrogens with zero attached hydrogens (tertiary/aromatic N) is 4. The van der Waals surface area contributed by atoms with Gasteiger partial charge < -0.3 is 0 Å². The number of aromatic nitrogens is 3. The number of rotatable bonds is 1. The predicted octanol–water partition coefficient (Wildman–Crippen LogP) is 3.48. The summed E-state index contributed by atoms with van der Waals surface area (Å²) in [6, 6.07) is 10.4. The van der Waals surface area contributed by atoms with Crippen LogP contribution in [-0.2, 0) is 0 Å². The van der Waals surface area contributed by atoms with E-state index in [9.17, 15) is 0 Å². The lowest BCUT2D eigenvalue weighted by Gasteiger charge is -2.00. The van der Waals surface area contributed by atoms with Crippen molar-refractivity contribution in [1.82, 2.24) is 14.6 Å². The molecule has 3 heterocycles. The van der Waals surface area contributed by atoms with Crippen LogP contribution in [0.4, 0.5) is 0 Å². The minimum absolute atomic E-state index is 0.492. The molecule has 4 aromatic rings. The van der Waals surface area contributed by atoms with Gasteiger partial charge in [-0.15, -0.1) is 11.3 Å². The predicted molar refractivity (Wildman–Crippen MR) is 78.5 cm³/mol. The molecule has 5 heteroatoms. The Balaban J connectivity index is 1.96. The van der Waals surface area contributed by atoms with E-state index in [2.05, 4.69) is 33.7 Å². The minimum atomic E-state index is 0.492. The Morgan fingerprint density at radius 1 is 1.20 bits per heavy atom. The number of hydrogen-bond donors (Lipinski definition) is 0. The summed E-state index contributed by atoms with van der Waals surface area (Å²) in [7, 11) is 0. The van der Waals surface area contributed by atoms with Gasteiger partial charge in [0.25, 0.3) is 0 Å². The van der Waals surface area contributed by atoms with E-state index in [4.69, 9.17) is 5.26 Å². The fourth-order valence-corrected chi connectivity index (χ4v) is 3.26. The second-order valence-corrected chi connectivity index (χ2v) is 5.34. The molecule has 0 atom stereocenters. The molecule has 4 rings (SSSR count). The van der Waals surface area contributed by atoms with E-state index >= 15 is 0 Å². The molecule has 0 bridgehead atoms. The molecule has 4 nitrogen and oxygen atoms in total. The first kappa shape index (κ1) is 11.1. The SMILES string of the molecule is N#Cc1cnn2cc(-c3csc4ccccc34)cnc12. The summed E-state index contributed by atoms with van der Waals surface area (Å²) in [6.07, 6.45) is 5.25. The van der Waals surface area contributed by atoms with E-state index in [-0.39, 0.29) is 0 Å². The molecule has 0 aliphatic carbocycles. The molecule has 1 aromatic carbocycles. The standard InChI is InChI=1S/C15H8N4S/c16-5-10-7-18-19-8-11(6-17-15(10)19)13-9-20-14-4-2-1-3-12(13)14/h1-4,6-9H. The van der Waals surface area contributed by atoms with Gasteiger partial charge in [-0.2, -0.15) is 10.4 Å². The van der Waals surface area contributed by atoms with Gasteiger partial charge >= 0.3 is 0 Å². The van der Waals surface area contributed by atoms with Gasteiger partial charge in [-0.25, -0.2) is 9.50 Å². The van der Waals surface area contributed by atoms with Gasteiger partial charge in [0.1, 0.15) is 11.6 Å². The van der Waals surface area contributed by atoms with Crippen molar-refractivity contribution in [2.24, 2.45) is 0 Å². The van der Waals surface area contributed by atoms with Crippen molar-refractivity contribution >= 4 is 27.1 Å². The number of hydrogen-bond acceptors (Lipinski definition) is 4. The van der Waals surface area contributed by atoms with E-state index in [0.717, 1.165) is 11.1 Å². The summed E-state index contributed by atoms with van der Waals surface area (Å²) in [5.41, 5.74) is 3.24. The molecule has 0 radical (unpaired) electrons. The van der Waals surface area contributed by atoms with Crippen LogP contribution < -0.4 is 0 Å². The van der Waals surface area contributed by atoms with Crippen molar-refractivity contribution < 1.29 is 0 Å². The largest absolute Gasteiger partial charge is 0.235 e. The summed E-state index contributed by atoms with van der Waals surface area (Å²) < 4.78 is 2.90. The molecule has 0 spiro atoms. The van der Waals surface area contributed by atoms with Gasteiger partial charge in [0.05, 0.1) is 6.20 Å². The lowest BCUT2D eigenvalue weighted by atomic mass is 10.1. The molecule has 0 N–H and O–H groups in total. The molecule has 0 saturated carbocycles. The van der Waals surface area contributed by atoms with E-state index < -0.39 is 0 Å². The Kier molecular flexibility index (Phi) is 2.31. The molecule has 0 aliphatic rings. The van der Waals surface area contributed by atoms with Crippen LogP contribution in [0.5, 0.6) is 0 Å². The van der Waals surface area contributed by atoms with Crippen LogP contribution in [0.25, 0.3) is 26.9 Å². The third-order valence-corrected chi connectivity index (χ3v) is 4.23. The monoisotopic (exact) mass is 276 g/mol. The molecule has 94 valence electrons. The molecular weight excluding hydrogens is 268 g/mol. The average Bonchev–Trinajstić information content (AvgIpc) is 3.10. The molecule has 0 aliphatic heterocycles. The van der Waals surface area contributed by atoms with Crippen LogP contribution >= 0.6 is 11.3 Å². The molecule has 0 saturated heterocycles. The van der Waals surface area contributed by atoms with Gasteiger partial charge in [-0.05, 0) is 11.4 Å². The maximum Gasteiger partial charge on any atom is 0.172 e. The van der Waals surface area contributed by atoms with Crippen molar-refractivity contribution in [1.29, 1.82) is 5.26 Å². The molecular formula is C15H8N4S. The van der Waals surface area contributed by atoms with Gasteiger partial charge in [0, 0.05) is 33.6 Å². The maximum absolute atomic E-state index is 8.98. The smallest absolute Gasteiger partial charge is 0.172 e. The Hall–Kier alpha value is -2.71. The van der Waals surface area contributed by atoms with Crippen LogP contribution in [0.15, 0.2) is 48.2 Å². The highest BCUT2D eigenvalue weighted by Crippen LogP contribution is 2.33. The Morgan fingerprint density at radius 3 is 3.00 bits per heavy atom. The van der Waals surface area contributed by atoms with Gasteiger partial charge in [-0.3, -0.25) is 0 Å². The number of benzene rings is 1. The Bertz CT molecular complexity index is 974. The maximum atomic E-state index is 8.98. The van der Waals surface area contributed by atoms with Crippen molar-refractivity contribution in [2.45, 2.75) is 0 Å². The quantitative estimate of drug-likeness (QED) is 0.535. The van der Waals surface area contributed by atoms with E-state index in [0.29, 0.717) is 11.2 Å². The lowest BCUT2D eigenvalue weighted by molar-refractivity contribution is 0.942. The first-order valence-corrected chi connectivity index (χ1v) is 6.95. The minimum Gasteiger partial charge on any atom is -0.235 e. The zero-order valence-electron chi connectivity index (χ0n) is 10.3. The van der Waals surface area contributed by atoms with Crippen LogP contribution in [0.3, 0.4) is 0 Å². The normalized spacial score (nSPS) is 10.9. The fourth-order valence-electron chi connectivity index (χ4n) is 2.29. The summed E-state index contributed by atoms with van der Waals surface area (Å²) in [4.78, 5) is 4.36. The van der Waals surface area contributed by atoms with Gasteiger partial charge in [-0.1, -0.05) is 18.2 Å². The van der Waals surface area contributed by atoms with E-state index in [1.807, 2.05) is 18.3 Å². The van der Waals surface area contributed by atoms with Gasteiger partial charge in [0.15, 0.2) is 5.65 Å². The number of fused-ring (bicyclic) bond motifs is 2. The van der Waals surface area contributed by atoms with Crippen LogP contribution in [0.1, 0.15) is 5.56 Å². The second-order valence-electron chi connectivity index (χ2n) is 4.43. The van der Waals surface area contributed by atoms with Crippen molar-refractivity contribution in [3.63, 3.8) is 0 Å². The average molecular weight is 276 g/mol. The topological polar surface area (TPSA) is 54.0 Å². The van der Waals surface area contributed by atoms with Crippen LogP contribution in [0, 0.1) is 11.3 Å². The second kappa shape index (κ2) is 4.15. The third kappa shape index (κ3) is 1.52. The third-order valence-electron chi connectivity index (χ3n) is 3.27. The fraction of sp³-hybridized carbons (Fsp3) is 0. The molecule has 3 aromatic heterocycles. The van der Waals surface area contributed by atoms with Crippen molar-refractivity contribution in [3.05, 3.63) is 53.8 Å². The van der Waals surface area contributed by atoms with E-state index in [1.165, 1.54) is 16.3 Å². The Labute approximate surface area is 118 Å². The summed E-state index contributed by atoms with van der Waals surface area (Å²) in [5, 5.41) is 16.5. The number of thiophene rings is 1. The zero-order valence-corrected chi connectivity index (χ0v) is 11.1. The molecule has 20 heavy (non-hydrogen) atoms. The first-order valence-electron chi connectivity index (χ1n) is 6.07. The molecule has 0 fully saturated rings. The zero-order chi connectivity index (χ0) is 13.5. The highest BCUT2D eigenvalue weighted by atomic mass is 32.1. The van der Waals surface area contributed by atoms with Crippen molar-refractivity contribution in [3.8, 4) is 17.2 Å². The van der Waals surface area contributed by atoms with Crippen LogP contribution in [0.2, 0.25) is 0 Å². The van der Waals surface area contributed by atoms with Gasteiger partial charge in [0.2, 0.25) is 0 Å². The first-order chi connectivity index (χ1) is 9.86. The number of nitriles is 1. The van der Waals surface area contributed by atoms with Crippen LogP contribution in [-0.4, -0.2) is 14.6 Å². The highest BCUT2D eigenvalue weighted by Gasteiger charge is 2.09.